The van der Waals surface area contributed by atoms with Gasteiger partial charge in [0, 0.05) is 61.3 Å². The van der Waals surface area contributed by atoms with Crippen LogP contribution in [0, 0.1) is 11.8 Å². The first-order valence-electron chi connectivity index (χ1n) is 11.6. The Bertz CT molecular complexity index is 904. The van der Waals surface area contributed by atoms with E-state index in [2.05, 4.69) is 21.1 Å². The molecule has 0 aliphatic carbocycles. The zero-order valence-electron chi connectivity index (χ0n) is 19.2. The van der Waals surface area contributed by atoms with Crippen LogP contribution >= 0.6 is 11.8 Å². The Kier molecular flexibility index (Phi) is 7.36. The van der Waals surface area contributed by atoms with Crippen molar-refractivity contribution in [2.45, 2.75) is 50.1 Å². The molecule has 0 spiro atoms. The molecule has 188 valence electrons. The van der Waals surface area contributed by atoms with Gasteiger partial charge in [0.2, 0.25) is 5.91 Å². The SMILES string of the molecule is C[C@@H](O)[C@@H]1C(=O)N2C(C(=O)O)=C(S[C@@H]3CN[C@H](C/C(=N/O)NC(=O)N4CCNCC4)C3)[C@H](C)[C@H]12. The second-order valence-electron chi connectivity index (χ2n) is 9.27. The largest absolute Gasteiger partial charge is 0.477 e. The number of nitrogens with one attached hydrogen (secondary N) is 3. The van der Waals surface area contributed by atoms with Crippen molar-refractivity contribution >= 4 is 35.5 Å². The van der Waals surface area contributed by atoms with Crippen LogP contribution in [0.15, 0.2) is 15.8 Å². The molecule has 3 amide bonds. The predicted molar refractivity (Wildman–Crippen MR) is 124 cm³/mol. The topological polar surface area (TPSA) is 167 Å². The third kappa shape index (κ3) is 4.61. The number of amidine groups is 1. The highest BCUT2D eigenvalue weighted by atomic mass is 32.2. The number of hydrogen-bond acceptors (Lipinski definition) is 9. The van der Waals surface area contributed by atoms with Crippen LogP contribution in [0.2, 0.25) is 0 Å². The normalized spacial score (nSPS) is 32.5. The van der Waals surface area contributed by atoms with Gasteiger partial charge in [-0.2, -0.15) is 0 Å². The first-order valence-corrected chi connectivity index (χ1v) is 12.5. The second kappa shape index (κ2) is 10.1. The summed E-state index contributed by atoms with van der Waals surface area (Å²) in [5, 5.41) is 41.7. The number of thioether (sulfide) groups is 1. The summed E-state index contributed by atoms with van der Waals surface area (Å²) in [4.78, 5) is 40.5. The Labute approximate surface area is 201 Å². The van der Waals surface area contributed by atoms with Crippen molar-refractivity contribution in [1.29, 1.82) is 0 Å². The number of aliphatic carboxylic acids is 1. The maximum absolute atomic E-state index is 12.5. The lowest BCUT2D eigenvalue weighted by atomic mass is 9.79. The Balaban J connectivity index is 1.36. The molecule has 3 saturated heterocycles. The molecule has 13 heteroatoms. The van der Waals surface area contributed by atoms with Crippen molar-refractivity contribution in [1.82, 2.24) is 25.8 Å². The predicted octanol–water partition coefficient (Wildman–Crippen LogP) is -0.604. The van der Waals surface area contributed by atoms with Gasteiger partial charge in [0.05, 0.1) is 18.1 Å². The van der Waals surface area contributed by atoms with E-state index in [4.69, 9.17) is 0 Å². The van der Waals surface area contributed by atoms with E-state index in [0.29, 0.717) is 37.4 Å². The summed E-state index contributed by atoms with van der Waals surface area (Å²) in [6.45, 7) is 6.68. The number of amides is 3. The van der Waals surface area contributed by atoms with Gasteiger partial charge in [0.1, 0.15) is 5.70 Å². The number of rotatable bonds is 6. The zero-order valence-corrected chi connectivity index (χ0v) is 20.0. The van der Waals surface area contributed by atoms with E-state index in [0.717, 1.165) is 13.1 Å². The van der Waals surface area contributed by atoms with Crippen LogP contribution in [0.1, 0.15) is 26.7 Å². The van der Waals surface area contributed by atoms with Gasteiger partial charge in [-0.1, -0.05) is 12.1 Å². The van der Waals surface area contributed by atoms with Crippen LogP contribution in [0.25, 0.3) is 0 Å². The van der Waals surface area contributed by atoms with Gasteiger partial charge in [-0.3, -0.25) is 10.1 Å². The molecule has 4 heterocycles. The molecule has 0 bridgehead atoms. The van der Waals surface area contributed by atoms with Crippen molar-refractivity contribution in [3.05, 3.63) is 10.6 Å². The molecule has 12 nitrogen and oxygen atoms in total. The number of carboxylic acid groups (broad SMARTS) is 1. The monoisotopic (exact) mass is 496 g/mol. The molecule has 6 N–H and O–H groups in total. The van der Waals surface area contributed by atoms with Gasteiger partial charge in [0.15, 0.2) is 5.84 Å². The van der Waals surface area contributed by atoms with E-state index in [1.165, 1.54) is 16.7 Å². The molecule has 0 aromatic carbocycles. The van der Waals surface area contributed by atoms with Crippen LogP contribution in [0.4, 0.5) is 4.79 Å². The number of oxime groups is 1. The lowest BCUT2D eigenvalue weighted by Crippen LogP contribution is -2.63. The fourth-order valence-electron chi connectivity index (χ4n) is 5.31. The molecule has 34 heavy (non-hydrogen) atoms. The average molecular weight is 497 g/mol. The Morgan fingerprint density at radius 2 is 2.03 bits per heavy atom. The number of carbonyl (C=O) groups excluding carboxylic acids is 2. The summed E-state index contributed by atoms with van der Waals surface area (Å²) in [7, 11) is 0. The Hall–Kier alpha value is -2.35. The maximum atomic E-state index is 12.5. The minimum atomic E-state index is -1.14. The standard InChI is InChI=1S/C21H32N6O6S/c1-10-16-15(11(2)28)19(29)27(16)17(20(30)31)18(10)34-13-7-12(23-9-13)8-14(25-33)24-21(32)26-5-3-22-4-6-26/h10-13,15-16,22-23,28,33H,3-9H2,1-2H3,(H,30,31)(H,24,25,32)/t10-,11-,12+,13+,15+,16-/m1/s1. The first-order chi connectivity index (χ1) is 16.2. The van der Waals surface area contributed by atoms with Crippen LogP contribution in [-0.2, 0) is 9.59 Å². The van der Waals surface area contributed by atoms with Gasteiger partial charge in [-0.05, 0) is 13.3 Å². The van der Waals surface area contributed by atoms with E-state index >= 15 is 0 Å². The molecule has 6 atom stereocenters. The molecule has 0 unspecified atom stereocenters. The molecule has 0 radical (unpaired) electrons. The lowest BCUT2D eigenvalue weighted by molar-refractivity contribution is -0.163. The number of nitrogens with zero attached hydrogens (tertiary/aromatic N) is 3. The van der Waals surface area contributed by atoms with Crippen LogP contribution < -0.4 is 16.0 Å². The molecule has 4 rings (SSSR count). The molecular formula is C21H32N6O6S. The maximum Gasteiger partial charge on any atom is 0.353 e. The van der Waals surface area contributed by atoms with Crippen molar-refractivity contribution in [2.75, 3.05) is 32.7 Å². The fourth-order valence-corrected chi connectivity index (χ4v) is 6.82. The second-order valence-corrected chi connectivity index (χ2v) is 10.6. The summed E-state index contributed by atoms with van der Waals surface area (Å²) in [5.41, 5.74) is 0.0220. The summed E-state index contributed by atoms with van der Waals surface area (Å²) in [5.74, 6) is -2.06. The minimum Gasteiger partial charge on any atom is -0.477 e. The summed E-state index contributed by atoms with van der Waals surface area (Å²) >= 11 is 1.45. The van der Waals surface area contributed by atoms with Crippen LogP contribution in [0.3, 0.4) is 0 Å². The fraction of sp³-hybridized carbons (Fsp3) is 0.714. The number of carbonyl (C=O) groups is 3. The molecular weight excluding hydrogens is 464 g/mol. The number of aliphatic hydroxyl groups excluding tert-OH is 1. The van der Waals surface area contributed by atoms with Crippen molar-refractivity contribution in [2.24, 2.45) is 17.0 Å². The van der Waals surface area contributed by atoms with Gasteiger partial charge in [0.25, 0.3) is 0 Å². The van der Waals surface area contributed by atoms with Gasteiger partial charge < -0.3 is 35.9 Å². The number of β-lactam (4-membered cyclic amide) rings is 1. The van der Waals surface area contributed by atoms with Crippen LogP contribution in [-0.4, -0.2) is 105 Å². The number of hydrogen-bond donors (Lipinski definition) is 6. The number of fused-ring (bicyclic) bond motifs is 1. The summed E-state index contributed by atoms with van der Waals surface area (Å²) in [6.07, 6.45) is 0.165. The van der Waals surface area contributed by atoms with Crippen molar-refractivity contribution < 1.29 is 29.8 Å². The number of piperazine rings is 1. The van der Waals surface area contributed by atoms with Crippen LogP contribution in [0.5, 0.6) is 0 Å². The van der Waals surface area contributed by atoms with E-state index in [-0.39, 0.29) is 46.7 Å². The highest BCUT2D eigenvalue weighted by molar-refractivity contribution is 8.03. The first kappa shape index (κ1) is 24.8. The molecule has 0 aromatic heterocycles. The zero-order chi connectivity index (χ0) is 24.6. The Morgan fingerprint density at radius 1 is 1.32 bits per heavy atom. The van der Waals surface area contributed by atoms with Gasteiger partial charge in [-0.25, -0.2) is 9.59 Å². The molecule has 0 saturated carbocycles. The molecule has 0 aromatic rings. The molecule has 4 aliphatic heterocycles. The van der Waals surface area contributed by atoms with Crippen molar-refractivity contribution in [3.8, 4) is 0 Å². The van der Waals surface area contributed by atoms with Gasteiger partial charge in [-0.15, -0.1) is 11.8 Å². The number of carboxylic acids is 1. The minimum absolute atomic E-state index is 0.0220. The van der Waals surface area contributed by atoms with E-state index in [1.54, 1.807) is 11.8 Å². The third-order valence-corrected chi connectivity index (χ3v) is 8.51. The van der Waals surface area contributed by atoms with Gasteiger partial charge >= 0.3 is 12.0 Å². The number of aliphatic hydroxyl groups is 1. The van der Waals surface area contributed by atoms with E-state index in [9.17, 15) is 29.8 Å². The molecule has 3 fully saturated rings. The van der Waals surface area contributed by atoms with Crippen molar-refractivity contribution in [3.63, 3.8) is 0 Å². The third-order valence-electron chi connectivity index (χ3n) is 7.00. The average Bonchev–Trinajstić information content (AvgIpc) is 3.34. The number of urea groups is 1. The summed E-state index contributed by atoms with van der Waals surface area (Å²) < 4.78 is 0. The summed E-state index contributed by atoms with van der Waals surface area (Å²) in [6, 6.07) is -0.683. The highest BCUT2D eigenvalue weighted by Crippen LogP contribution is 2.51. The lowest BCUT2D eigenvalue weighted by Gasteiger charge is -2.46. The van der Waals surface area contributed by atoms with E-state index < -0.39 is 18.0 Å². The molecule has 4 aliphatic rings. The highest BCUT2D eigenvalue weighted by Gasteiger charge is 2.60. The Morgan fingerprint density at radius 3 is 2.65 bits per heavy atom. The van der Waals surface area contributed by atoms with E-state index in [1.807, 2.05) is 6.92 Å². The quantitative estimate of drug-likeness (QED) is 0.0925. The smallest absolute Gasteiger partial charge is 0.353 e.